The van der Waals surface area contributed by atoms with Crippen LogP contribution in [0.3, 0.4) is 0 Å². The van der Waals surface area contributed by atoms with Crippen molar-refractivity contribution in [3.05, 3.63) is 0 Å². The van der Waals surface area contributed by atoms with Crippen LogP contribution in [0.1, 0.15) is 34.1 Å². The molecule has 1 aliphatic heterocycles. The predicted molar refractivity (Wildman–Crippen MR) is 102 cm³/mol. The summed E-state index contributed by atoms with van der Waals surface area (Å²) < 4.78 is 63.9. The van der Waals surface area contributed by atoms with Crippen molar-refractivity contribution in [1.82, 2.24) is 0 Å². The first-order chi connectivity index (χ1) is 14.2. The lowest BCUT2D eigenvalue weighted by Gasteiger charge is -2.49. The third kappa shape index (κ3) is 6.57. The van der Waals surface area contributed by atoms with Crippen LogP contribution in [-0.4, -0.2) is 81.7 Å². The zero-order valence-electron chi connectivity index (χ0n) is 18.2. The molecule has 0 aromatic heterocycles. The molecular formula is C18H29FO11S. The molecule has 0 aliphatic carbocycles. The van der Waals surface area contributed by atoms with E-state index in [0.717, 1.165) is 21.0 Å². The zero-order chi connectivity index (χ0) is 24.1. The number of hydrogen-bond acceptors (Lipinski definition) is 11. The molecule has 7 atom stereocenters. The van der Waals surface area contributed by atoms with E-state index in [-0.39, 0.29) is 13.0 Å². The number of aliphatic hydroxyl groups excluding tert-OH is 1. The smallest absolute Gasteiger partial charge is 0.371 e. The molecule has 0 spiro atoms. The van der Waals surface area contributed by atoms with Crippen LogP contribution in [0.25, 0.3) is 0 Å². The fourth-order valence-electron chi connectivity index (χ4n) is 3.40. The van der Waals surface area contributed by atoms with E-state index in [4.69, 9.17) is 18.4 Å². The number of halogens is 1. The lowest BCUT2D eigenvalue weighted by Crippen LogP contribution is -2.68. The maximum atomic E-state index is 15.6. The Morgan fingerprint density at radius 1 is 1.23 bits per heavy atom. The topological polar surface area (TPSA) is 152 Å². The Hall–Kier alpha value is -1.83. The molecule has 0 saturated carbocycles. The molecule has 1 heterocycles. The number of rotatable bonds is 9. The predicted octanol–water partition coefficient (Wildman–Crippen LogP) is 0.0868. The molecule has 1 aliphatic rings. The maximum absolute atomic E-state index is 15.6. The van der Waals surface area contributed by atoms with Gasteiger partial charge in [0.2, 0.25) is 6.17 Å². The van der Waals surface area contributed by atoms with Crippen LogP contribution in [0.4, 0.5) is 4.39 Å². The summed E-state index contributed by atoms with van der Waals surface area (Å²) in [4.78, 5) is 35.2. The molecule has 0 aromatic rings. The minimum Gasteiger partial charge on any atom is -0.465 e. The van der Waals surface area contributed by atoms with Crippen LogP contribution in [-0.2, 0) is 47.6 Å². The first-order valence-corrected chi connectivity index (χ1v) is 11.3. The molecule has 13 heteroatoms. The number of esters is 3. The molecule has 0 bridgehead atoms. The summed E-state index contributed by atoms with van der Waals surface area (Å²) in [6, 6.07) is 0. The fraction of sp³-hybridized carbons (Fsp3) is 0.833. The van der Waals surface area contributed by atoms with Gasteiger partial charge in [-0.25, -0.2) is 13.4 Å². The number of hydrogen-bond donors (Lipinski definition) is 1. The van der Waals surface area contributed by atoms with Gasteiger partial charge in [0, 0.05) is 25.7 Å². The van der Waals surface area contributed by atoms with Gasteiger partial charge in [-0.15, -0.1) is 0 Å². The van der Waals surface area contributed by atoms with E-state index in [1.165, 1.54) is 6.92 Å². The van der Waals surface area contributed by atoms with Crippen molar-refractivity contribution in [1.29, 1.82) is 0 Å². The van der Waals surface area contributed by atoms with Gasteiger partial charge in [0.05, 0.1) is 32.2 Å². The second-order valence-corrected chi connectivity index (χ2v) is 8.92. The third-order valence-corrected chi connectivity index (χ3v) is 5.34. The van der Waals surface area contributed by atoms with Crippen molar-refractivity contribution >= 4 is 28.0 Å². The average molecular weight is 472 g/mol. The summed E-state index contributed by atoms with van der Waals surface area (Å²) in [5, 5.41) is 10.8. The van der Waals surface area contributed by atoms with Gasteiger partial charge in [0.15, 0.2) is 0 Å². The second-order valence-electron chi connectivity index (χ2n) is 7.35. The van der Waals surface area contributed by atoms with Crippen LogP contribution < -0.4 is 0 Å². The monoisotopic (exact) mass is 472 g/mol. The Morgan fingerprint density at radius 2 is 1.81 bits per heavy atom. The molecule has 1 fully saturated rings. The normalized spacial score (nSPS) is 30.7. The summed E-state index contributed by atoms with van der Waals surface area (Å²) in [6.07, 6.45) is -6.59. The minimum atomic E-state index is -4.49. The molecule has 0 aromatic carbocycles. The highest BCUT2D eigenvalue weighted by Crippen LogP contribution is 2.43. The fourth-order valence-corrected chi connectivity index (χ4v) is 4.05. The lowest BCUT2D eigenvalue weighted by atomic mass is 9.79. The van der Waals surface area contributed by atoms with Crippen LogP contribution in [0.5, 0.6) is 0 Å². The maximum Gasteiger partial charge on any atom is 0.371 e. The van der Waals surface area contributed by atoms with Crippen LogP contribution in [0.2, 0.25) is 0 Å². The molecule has 1 rings (SSSR count). The Labute approximate surface area is 180 Å². The first kappa shape index (κ1) is 27.2. The van der Waals surface area contributed by atoms with Crippen molar-refractivity contribution in [3.63, 3.8) is 0 Å². The van der Waals surface area contributed by atoms with Gasteiger partial charge in [-0.3, -0.25) is 9.59 Å². The van der Waals surface area contributed by atoms with Crippen molar-refractivity contribution in [2.75, 3.05) is 20.0 Å². The lowest BCUT2D eigenvalue weighted by molar-refractivity contribution is -0.318. The Morgan fingerprint density at radius 3 is 2.23 bits per heavy atom. The molecular weight excluding hydrogens is 443 g/mol. The number of carbonyl (C=O) groups is 3. The molecule has 1 saturated heterocycles. The number of methoxy groups -OCH3 is 1. The van der Waals surface area contributed by atoms with Crippen LogP contribution in [0.15, 0.2) is 0 Å². The van der Waals surface area contributed by atoms with E-state index in [1.807, 2.05) is 0 Å². The van der Waals surface area contributed by atoms with Gasteiger partial charge in [0.25, 0.3) is 10.1 Å². The SMILES string of the molecule is CCC1C(C(O)C(C)COC(C)=O)OC(OS(C)(=O)=O)(C(=O)OC)C(F)C1OC(C)=O. The Bertz CT molecular complexity index is 770. The van der Waals surface area contributed by atoms with Gasteiger partial charge in [-0.05, 0) is 6.42 Å². The van der Waals surface area contributed by atoms with E-state index >= 15 is 4.39 Å². The molecule has 0 radical (unpaired) electrons. The van der Waals surface area contributed by atoms with Gasteiger partial charge in [0.1, 0.15) is 6.10 Å². The van der Waals surface area contributed by atoms with Gasteiger partial charge >= 0.3 is 23.7 Å². The highest BCUT2D eigenvalue weighted by molar-refractivity contribution is 7.86. The number of carbonyl (C=O) groups excluding carboxylic acids is 3. The number of ether oxygens (including phenoxy) is 4. The largest absolute Gasteiger partial charge is 0.465 e. The molecule has 1 N–H and O–H groups in total. The highest BCUT2D eigenvalue weighted by atomic mass is 32.2. The average Bonchev–Trinajstić information content (AvgIpc) is 2.66. The van der Waals surface area contributed by atoms with Gasteiger partial charge < -0.3 is 24.1 Å². The van der Waals surface area contributed by atoms with Crippen molar-refractivity contribution in [2.24, 2.45) is 11.8 Å². The van der Waals surface area contributed by atoms with E-state index in [0.29, 0.717) is 6.26 Å². The zero-order valence-corrected chi connectivity index (χ0v) is 19.0. The number of alkyl halides is 1. The van der Waals surface area contributed by atoms with Crippen molar-refractivity contribution in [3.8, 4) is 0 Å². The third-order valence-electron chi connectivity index (χ3n) is 4.79. The minimum absolute atomic E-state index is 0.108. The van der Waals surface area contributed by atoms with Crippen molar-refractivity contribution < 1.29 is 55.4 Å². The van der Waals surface area contributed by atoms with Gasteiger partial charge in [-0.2, -0.15) is 8.42 Å². The van der Waals surface area contributed by atoms with Crippen molar-refractivity contribution in [2.45, 2.75) is 64.4 Å². The quantitative estimate of drug-likeness (QED) is 0.276. The van der Waals surface area contributed by atoms with E-state index in [1.54, 1.807) is 6.92 Å². The Balaban J connectivity index is 3.54. The summed E-state index contributed by atoms with van der Waals surface area (Å²) in [5.74, 6) is -8.02. The molecule has 0 amide bonds. The van der Waals surface area contributed by atoms with Gasteiger partial charge in [-0.1, -0.05) is 13.8 Å². The molecule has 11 nitrogen and oxygen atoms in total. The van der Waals surface area contributed by atoms with E-state index < -0.39 is 70.1 Å². The summed E-state index contributed by atoms with van der Waals surface area (Å²) in [5.41, 5.74) is 0. The molecule has 7 unspecified atom stereocenters. The number of aliphatic hydroxyl groups is 1. The summed E-state index contributed by atoms with van der Waals surface area (Å²) in [6.45, 7) is 5.00. The second kappa shape index (κ2) is 10.7. The van der Waals surface area contributed by atoms with E-state index in [9.17, 15) is 27.9 Å². The van der Waals surface area contributed by atoms with Crippen LogP contribution >= 0.6 is 0 Å². The van der Waals surface area contributed by atoms with E-state index in [2.05, 4.69) is 4.74 Å². The standard InChI is InChI=1S/C18H29FO11S/c1-7-12-14(13(22)9(2)8-27-10(3)20)29-18(17(23)26-5,30-31(6,24)25)16(19)15(12)28-11(4)21/h9,12-16,22H,7-8H2,1-6H3. The Kier molecular flexibility index (Phi) is 9.35. The molecule has 180 valence electrons. The first-order valence-electron chi connectivity index (χ1n) is 9.49. The van der Waals surface area contributed by atoms with Crippen LogP contribution in [0, 0.1) is 11.8 Å². The highest BCUT2D eigenvalue weighted by Gasteiger charge is 2.65. The molecule has 31 heavy (non-hydrogen) atoms. The summed E-state index contributed by atoms with van der Waals surface area (Å²) in [7, 11) is -3.64. The summed E-state index contributed by atoms with van der Waals surface area (Å²) >= 11 is 0.